The minimum Gasteiger partial charge on any atom is -0.378 e. The van der Waals surface area contributed by atoms with E-state index in [0.29, 0.717) is 58.2 Å². The van der Waals surface area contributed by atoms with E-state index in [0.717, 1.165) is 0 Å². The van der Waals surface area contributed by atoms with E-state index in [1.807, 2.05) is 4.90 Å². The number of anilines is 1. The molecule has 0 spiro atoms. The Morgan fingerprint density at radius 2 is 1.40 bits per heavy atom. The van der Waals surface area contributed by atoms with Crippen molar-refractivity contribution in [2.45, 2.75) is 0 Å². The van der Waals surface area contributed by atoms with Gasteiger partial charge in [-0.2, -0.15) is 0 Å². The summed E-state index contributed by atoms with van der Waals surface area (Å²) in [5.41, 5.74) is 0.770. The van der Waals surface area contributed by atoms with Crippen LogP contribution in [-0.2, 0) is 4.74 Å². The summed E-state index contributed by atoms with van der Waals surface area (Å²) in [4.78, 5) is 30.3. The van der Waals surface area contributed by atoms with E-state index in [1.54, 1.807) is 23.1 Å². The summed E-state index contributed by atoms with van der Waals surface area (Å²) in [7, 11) is 0. The Kier molecular flexibility index (Phi) is 5.94. The molecule has 2 fully saturated rings. The number of hydrogen-bond donors (Lipinski definition) is 0. The molecule has 2 aliphatic heterocycles. The molecule has 0 radical (unpaired) electrons. The summed E-state index contributed by atoms with van der Waals surface area (Å²) in [5, 5.41) is 0. The van der Waals surface area contributed by atoms with Crippen molar-refractivity contribution in [2.75, 3.05) is 57.4 Å². The Morgan fingerprint density at radius 1 is 0.767 bits per heavy atom. The van der Waals surface area contributed by atoms with Gasteiger partial charge >= 0.3 is 0 Å². The van der Waals surface area contributed by atoms with Gasteiger partial charge in [-0.25, -0.2) is 8.78 Å². The first-order valence-corrected chi connectivity index (χ1v) is 10.00. The molecule has 0 atom stereocenters. The molecule has 158 valence electrons. The van der Waals surface area contributed by atoms with E-state index in [2.05, 4.69) is 0 Å². The lowest BCUT2D eigenvalue weighted by Gasteiger charge is -2.35. The molecule has 0 bridgehead atoms. The van der Waals surface area contributed by atoms with Crippen LogP contribution in [0.4, 0.5) is 14.5 Å². The zero-order valence-corrected chi connectivity index (χ0v) is 16.5. The molecule has 2 heterocycles. The van der Waals surface area contributed by atoms with Gasteiger partial charge in [-0.3, -0.25) is 9.59 Å². The fourth-order valence-electron chi connectivity index (χ4n) is 3.80. The number of carbonyl (C=O) groups excluding carboxylic acids is 2. The molecule has 0 aliphatic carbocycles. The molecule has 8 heteroatoms. The summed E-state index contributed by atoms with van der Waals surface area (Å²) >= 11 is 0. The zero-order valence-electron chi connectivity index (χ0n) is 16.5. The monoisotopic (exact) mass is 415 g/mol. The highest BCUT2D eigenvalue weighted by Gasteiger charge is 2.27. The summed E-state index contributed by atoms with van der Waals surface area (Å²) < 4.78 is 33.8. The molecular formula is C22H23F2N3O3. The van der Waals surface area contributed by atoms with Crippen molar-refractivity contribution in [3.63, 3.8) is 0 Å². The first-order valence-electron chi connectivity index (χ1n) is 10.00. The molecule has 0 unspecified atom stereocenters. The second-order valence-electron chi connectivity index (χ2n) is 7.33. The smallest absolute Gasteiger partial charge is 0.256 e. The number of rotatable bonds is 3. The third-order valence-electron chi connectivity index (χ3n) is 5.50. The van der Waals surface area contributed by atoms with Crippen molar-refractivity contribution in [1.29, 1.82) is 0 Å². The minimum atomic E-state index is -0.558. The molecule has 6 nitrogen and oxygen atoms in total. The van der Waals surface area contributed by atoms with Crippen LogP contribution < -0.4 is 4.90 Å². The average molecular weight is 415 g/mol. The largest absolute Gasteiger partial charge is 0.378 e. The standard InChI is InChI=1S/C22H23F2N3O3/c23-18-4-2-1-3-17(18)22(29)27-9-7-26(8-10-27)21(28)16-5-6-20(19(24)15-16)25-11-13-30-14-12-25/h1-6,15H,7-14H2. The highest BCUT2D eigenvalue weighted by molar-refractivity contribution is 5.96. The average Bonchev–Trinajstić information content (AvgIpc) is 2.79. The molecule has 0 N–H and O–H groups in total. The van der Waals surface area contributed by atoms with E-state index in [9.17, 15) is 18.4 Å². The van der Waals surface area contributed by atoms with Crippen molar-refractivity contribution < 1.29 is 23.1 Å². The van der Waals surface area contributed by atoms with E-state index in [-0.39, 0.29) is 22.9 Å². The molecule has 2 saturated heterocycles. The summed E-state index contributed by atoms with van der Waals surface area (Å²) in [6, 6.07) is 10.4. The van der Waals surface area contributed by atoms with Crippen molar-refractivity contribution in [3.8, 4) is 0 Å². The highest BCUT2D eigenvalue weighted by Crippen LogP contribution is 2.23. The first-order chi connectivity index (χ1) is 14.5. The van der Waals surface area contributed by atoms with E-state index >= 15 is 0 Å². The lowest BCUT2D eigenvalue weighted by Crippen LogP contribution is -2.50. The third-order valence-corrected chi connectivity index (χ3v) is 5.50. The molecule has 4 rings (SSSR count). The van der Waals surface area contributed by atoms with Gasteiger partial charge in [-0.15, -0.1) is 0 Å². The predicted octanol–water partition coefficient (Wildman–Crippen LogP) is 2.40. The van der Waals surface area contributed by atoms with Gasteiger partial charge in [-0.1, -0.05) is 12.1 Å². The number of piperazine rings is 1. The van der Waals surface area contributed by atoms with Crippen LogP contribution in [0.2, 0.25) is 0 Å². The molecular weight excluding hydrogens is 392 g/mol. The van der Waals surface area contributed by atoms with Crippen LogP contribution in [-0.4, -0.2) is 74.1 Å². The molecule has 0 saturated carbocycles. The van der Waals surface area contributed by atoms with Crippen molar-refractivity contribution in [2.24, 2.45) is 0 Å². The van der Waals surface area contributed by atoms with E-state index in [1.165, 1.54) is 29.2 Å². The topological polar surface area (TPSA) is 53.1 Å². The van der Waals surface area contributed by atoms with Crippen LogP contribution in [0, 0.1) is 11.6 Å². The Balaban J connectivity index is 1.39. The number of benzene rings is 2. The number of halogens is 2. The number of hydrogen-bond acceptors (Lipinski definition) is 4. The van der Waals surface area contributed by atoms with Crippen LogP contribution in [0.15, 0.2) is 42.5 Å². The SMILES string of the molecule is O=C(c1ccc(N2CCOCC2)c(F)c1)N1CCN(C(=O)c2ccccc2F)CC1. The molecule has 2 aromatic carbocycles. The van der Waals surface area contributed by atoms with Gasteiger partial charge in [0, 0.05) is 44.8 Å². The van der Waals surface area contributed by atoms with Crippen LogP contribution in [0.5, 0.6) is 0 Å². The van der Waals surface area contributed by atoms with Gasteiger partial charge in [-0.05, 0) is 30.3 Å². The number of nitrogens with zero attached hydrogens (tertiary/aromatic N) is 3. The van der Waals surface area contributed by atoms with Gasteiger partial charge in [0.05, 0.1) is 24.5 Å². The van der Waals surface area contributed by atoms with Gasteiger partial charge in [0.2, 0.25) is 0 Å². The number of ether oxygens (including phenoxy) is 1. The summed E-state index contributed by atoms with van der Waals surface area (Å²) in [6.07, 6.45) is 0. The number of carbonyl (C=O) groups is 2. The summed E-state index contributed by atoms with van der Waals surface area (Å²) in [6.45, 7) is 3.55. The third kappa shape index (κ3) is 4.14. The first kappa shape index (κ1) is 20.3. The molecule has 2 aromatic rings. The lowest BCUT2D eigenvalue weighted by atomic mass is 10.1. The van der Waals surface area contributed by atoms with Gasteiger partial charge in [0.1, 0.15) is 11.6 Å². The Bertz CT molecular complexity index is 939. The second kappa shape index (κ2) is 8.79. The maximum Gasteiger partial charge on any atom is 0.256 e. The quantitative estimate of drug-likeness (QED) is 0.773. The fourth-order valence-corrected chi connectivity index (χ4v) is 3.80. The predicted molar refractivity (Wildman–Crippen MR) is 108 cm³/mol. The Hall–Kier alpha value is -3.00. The van der Waals surface area contributed by atoms with Crippen LogP contribution in [0.1, 0.15) is 20.7 Å². The van der Waals surface area contributed by atoms with Crippen LogP contribution in [0.25, 0.3) is 0 Å². The van der Waals surface area contributed by atoms with Crippen LogP contribution >= 0.6 is 0 Å². The van der Waals surface area contributed by atoms with Crippen LogP contribution in [0.3, 0.4) is 0 Å². The number of morpholine rings is 1. The van der Waals surface area contributed by atoms with Crippen molar-refractivity contribution in [1.82, 2.24) is 9.80 Å². The van der Waals surface area contributed by atoms with Gasteiger partial charge in [0.15, 0.2) is 0 Å². The fraction of sp³-hybridized carbons (Fsp3) is 0.364. The van der Waals surface area contributed by atoms with Gasteiger partial charge < -0.3 is 19.4 Å². The molecule has 2 amide bonds. The maximum atomic E-state index is 14.6. The van der Waals surface area contributed by atoms with E-state index < -0.39 is 11.6 Å². The highest BCUT2D eigenvalue weighted by atomic mass is 19.1. The number of amides is 2. The molecule has 0 aromatic heterocycles. The zero-order chi connectivity index (χ0) is 21.1. The molecule has 2 aliphatic rings. The van der Waals surface area contributed by atoms with Crippen molar-refractivity contribution in [3.05, 3.63) is 65.2 Å². The van der Waals surface area contributed by atoms with Crippen molar-refractivity contribution >= 4 is 17.5 Å². The minimum absolute atomic E-state index is 0.0260. The Morgan fingerprint density at radius 3 is 2.03 bits per heavy atom. The maximum absolute atomic E-state index is 14.6. The Labute approximate surface area is 173 Å². The molecule has 30 heavy (non-hydrogen) atoms. The lowest BCUT2D eigenvalue weighted by molar-refractivity contribution is 0.0532. The van der Waals surface area contributed by atoms with E-state index in [4.69, 9.17) is 4.74 Å². The normalized spacial score (nSPS) is 17.2. The van der Waals surface area contributed by atoms with Gasteiger partial charge in [0.25, 0.3) is 11.8 Å². The summed E-state index contributed by atoms with van der Waals surface area (Å²) in [5.74, 6) is -1.66. The second-order valence-corrected chi connectivity index (χ2v) is 7.33.